The number of hydrogen-bond donors (Lipinski definition) is 2. The summed E-state index contributed by atoms with van der Waals surface area (Å²) in [5.74, 6) is -0.441. The van der Waals surface area contributed by atoms with E-state index in [1.54, 1.807) is 30.3 Å². The number of amides is 1. The van der Waals surface area contributed by atoms with Crippen molar-refractivity contribution < 1.29 is 9.90 Å². The Kier molecular flexibility index (Phi) is 3.53. The summed E-state index contributed by atoms with van der Waals surface area (Å²) >= 11 is 7.26. The lowest BCUT2D eigenvalue weighted by Crippen LogP contribution is -2.12. The Labute approximate surface area is 130 Å². The van der Waals surface area contributed by atoms with Crippen LogP contribution in [-0.2, 0) is 0 Å². The molecule has 0 radical (unpaired) electrons. The Hall–Kier alpha value is -2.11. The Bertz CT molecular complexity index is 845. The van der Waals surface area contributed by atoms with Crippen LogP contribution in [0.25, 0.3) is 10.2 Å². The van der Waals surface area contributed by atoms with Crippen LogP contribution in [0.4, 0.5) is 5.13 Å². The van der Waals surface area contributed by atoms with Crippen molar-refractivity contribution in [1.82, 2.24) is 4.98 Å². The molecule has 0 aliphatic rings. The number of hydrogen-bond acceptors (Lipinski definition) is 4. The van der Waals surface area contributed by atoms with Crippen molar-refractivity contribution in [3.63, 3.8) is 0 Å². The lowest BCUT2D eigenvalue weighted by Gasteiger charge is -2.05. The van der Waals surface area contributed by atoms with Crippen LogP contribution in [0.2, 0.25) is 5.02 Å². The van der Waals surface area contributed by atoms with Gasteiger partial charge in [0.15, 0.2) is 5.13 Å². The normalized spacial score (nSPS) is 10.8. The molecule has 0 atom stereocenters. The van der Waals surface area contributed by atoms with Crippen molar-refractivity contribution in [2.45, 2.75) is 6.92 Å². The minimum atomic E-state index is -0.388. The van der Waals surface area contributed by atoms with Crippen LogP contribution in [-0.4, -0.2) is 16.0 Å². The first-order valence-corrected chi connectivity index (χ1v) is 7.39. The van der Waals surface area contributed by atoms with Gasteiger partial charge >= 0.3 is 0 Å². The van der Waals surface area contributed by atoms with Crippen molar-refractivity contribution in [3.8, 4) is 5.75 Å². The summed E-state index contributed by atoms with van der Waals surface area (Å²) in [5.41, 5.74) is 1.90. The monoisotopic (exact) mass is 318 g/mol. The number of nitrogens with zero attached hydrogens (tertiary/aromatic N) is 1. The van der Waals surface area contributed by atoms with Crippen molar-refractivity contribution >= 4 is 44.2 Å². The van der Waals surface area contributed by atoms with Gasteiger partial charge in [0, 0.05) is 5.02 Å². The molecule has 2 N–H and O–H groups in total. The third-order valence-electron chi connectivity index (χ3n) is 2.97. The van der Waals surface area contributed by atoms with E-state index >= 15 is 0 Å². The molecule has 0 fully saturated rings. The molecule has 106 valence electrons. The average molecular weight is 319 g/mol. The van der Waals surface area contributed by atoms with Crippen LogP contribution < -0.4 is 5.32 Å². The Balaban J connectivity index is 1.90. The number of fused-ring (bicyclic) bond motifs is 1. The van der Waals surface area contributed by atoms with Gasteiger partial charge in [-0.15, -0.1) is 0 Å². The van der Waals surface area contributed by atoms with E-state index < -0.39 is 0 Å². The van der Waals surface area contributed by atoms with E-state index in [4.69, 9.17) is 11.6 Å². The highest BCUT2D eigenvalue weighted by molar-refractivity contribution is 7.22. The van der Waals surface area contributed by atoms with Gasteiger partial charge in [-0.25, -0.2) is 4.98 Å². The molecule has 21 heavy (non-hydrogen) atoms. The molecule has 1 amide bonds. The zero-order valence-corrected chi connectivity index (χ0v) is 12.6. The van der Waals surface area contributed by atoms with Crippen molar-refractivity contribution in [2.75, 3.05) is 5.32 Å². The fraction of sp³-hybridized carbons (Fsp3) is 0.0667. The maximum atomic E-state index is 12.2. The minimum absolute atomic E-state index is 0.0535. The van der Waals surface area contributed by atoms with E-state index in [-0.39, 0.29) is 17.2 Å². The number of carbonyl (C=O) groups excluding carboxylic acids is 1. The van der Waals surface area contributed by atoms with E-state index in [0.717, 1.165) is 15.8 Å². The molecule has 2 aromatic carbocycles. The van der Waals surface area contributed by atoms with Crippen molar-refractivity contribution in [1.29, 1.82) is 0 Å². The number of aromatic hydroxyl groups is 1. The molecule has 6 heteroatoms. The first-order chi connectivity index (χ1) is 10.0. The average Bonchev–Trinajstić information content (AvgIpc) is 2.82. The number of aromatic nitrogens is 1. The van der Waals surface area contributed by atoms with Gasteiger partial charge in [-0.3, -0.25) is 10.1 Å². The van der Waals surface area contributed by atoms with Gasteiger partial charge in [-0.2, -0.15) is 0 Å². The second-order valence-corrected chi connectivity index (χ2v) is 6.07. The molecular formula is C15H11ClN2O2S. The minimum Gasteiger partial charge on any atom is -0.507 e. The lowest BCUT2D eigenvalue weighted by molar-refractivity contribution is 0.102. The molecule has 3 aromatic rings. The summed E-state index contributed by atoms with van der Waals surface area (Å²) in [7, 11) is 0. The zero-order valence-electron chi connectivity index (χ0n) is 11.1. The third kappa shape index (κ3) is 2.84. The molecule has 0 spiro atoms. The largest absolute Gasteiger partial charge is 0.507 e. The van der Waals surface area contributed by atoms with Crippen molar-refractivity contribution in [3.05, 3.63) is 52.5 Å². The number of anilines is 1. The van der Waals surface area contributed by atoms with Gasteiger partial charge in [0.2, 0.25) is 0 Å². The molecular weight excluding hydrogens is 308 g/mol. The van der Waals surface area contributed by atoms with E-state index in [2.05, 4.69) is 10.3 Å². The maximum absolute atomic E-state index is 12.2. The quantitative estimate of drug-likeness (QED) is 0.743. The standard InChI is InChI=1S/C15H11ClN2O2S/c1-8-2-5-12(19)10(6-8)14(20)18-15-17-11-4-3-9(16)7-13(11)21-15/h2-7,19H,1H3,(H,17,18,20). The predicted octanol–water partition coefficient (Wildman–Crippen LogP) is 4.22. The van der Waals surface area contributed by atoms with Crippen LogP contribution >= 0.6 is 22.9 Å². The van der Waals surface area contributed by atoms with Crippen LogP contribution in [0.15, 0.2) is 36.4 Å². The van der Waals surface area contributed by atoms with Gasteiger partial charge in [0.25, 0.3) is 5.91 Å². The van der Waals surface area contributed by atoms with Crippen LogP contribution in [0.3, 0.4) is 0 Å². The predicted molar refractivity (Wildman–Crippen MR) is 85.4 cm³/mol. The Morgan fingerprint density at radius 1 is 1.29 bits per heavy atom. The molecule has 1 heterocycles. The summed E-state index contributed by atoms with van der Waals surface area (Å²) in [6.07, 6.45) is 0. The highest BCUT2D eigenvalue weighted by atomic mass is 35.5. The molecule has 0 unspecified atom stereocenters. The molecule has 4 nitrogen and oxygen atoms in total. The summed E-state index contributed by atoms with van der Waals surface area (Å²) in [5, 5.41) is 13.6. The summed E-state index contributed by atoms with van der Waals surface area (Å²) in [6.45, 7) is 1.86. The molecule has 0 aliphatic carbocycles. The lowest BCUT2D eigenvalue weighted by atomic mass is 10.1. The van der Waals surface area contributed by atoms with Gasteiger partial charge in [0.05, 0.1) is 15.8 Å². The van der Waals surface area contributed by atoms with Crippen LogP contribution in [0, 0.1) is 6.92 Å². The first-order valence-electron chi connectivity index (χ1n) is 6.20. The van der Waals surface area contributed by atoms with Gasteiger partial charge in [0.1, 0.15) is 5.75 Å². The number of carbonyl (C=O) groups is 1. The van der Waals surface area contributed by atoms with Gasteiger partial charge < -0.3 is 5.11 Å². The molecule has 1 aromatic heterocycles. The molecule has 0 aliphatic heterocycles. The third-order valence-corrected chi connectivity index (χ3v) is 4.14. The smallest absolute Gasteiger partial charge is 0.261 e. The summed E-state index contributed by atoms with van der Waals surface area (Å²) in [6, 6.07) is 10.2. The number of thiazole rings is 1. The molecule has 0 saturated heterocycles. The zero-order chi connectivity index (χ0) is 15.0. The fourth-order valence-electron chi connectivity index (χ4n) is 1.95. The van der Waals surface area contributed by atoms with E-state index in [1.807, 2.05) is 6.92 Å². The van der Waals surface area contributed by atoms with E-state index in [0.29, 0.717) is 10.2 Å². The number of nitrogens with one attached hydrogen (secondary N) is 1. The second-order valence-electron chi connectivity index (χ2n) is 4.61. The Morgan fingerprint density at radius 2 is 2.10 bits per heavy atom. The maximum Gasteiger partial charge on any atom is 0.261 e. The highest BCUT2D eigenvalue weighted by Crippen LogP contribution is 2.29. The highest BCUT2D eigenvalue weighted by Gasteiger charge is 2.14. The SMILES string of the molecule is Cc1ccc(O)c(C(=O)Nc2nc3ccc(Cl)cc3s2)c1. The van der Waals surface area contributed by atoms with Crippen molar-refractivity contribution in [2.24, 2.45) is 0 Å². The number of aryl methyl sites for hydroxylation is 1. The van der Waals surface area contributed by atoms with Gasteiger partial charge in [-0.1, -0.05) is 34.6 Å². The summed E-state index contributed by atoms with van der Waals surface area (Å²) < 4.78 is 0.895. The van der Waals surface area contributed by atoms with Gasteiger partial charge in [-0.05, 0) is 37.3 Å². The number of phenolic OH excluding ortho intramolecular Hbond substituents is 1. The topological polar surface area (TPSA) is 62.2 Å². The number of rotatable bonds is 2. The number of halogens is 1. The summed E-state index contributed by atoms with van der Waals surface area (Å²) in [4.78, 5) is 16.5. The van der Waals surface area contributed by atoms with E-state index in [9.17, 15) is 9.90 Å². The molecule has 3 rings (SSSR count). The molecule has 0 bridgehead atoms. The second kappa shape index (κ2) is 5.35. The van der Waals surface area contributed by atoms with E-state index in [1.165, 1.54) is 17.4 Å². The Morgan fingerprint density at radius 3 is 2.90 bits per heavy atom. The van der Waals surface area contributed by atoms with Crippen LogP contribution in [0.1, 0.15) is 15.9 Å². The number of phenols is 1. The first kappa shape index (κ1) is 13.9. The van der Waals surface area contributed by atoms with Crippen LogP contribution in [0.5, 0.6) is 5.75 Å². The molecule has 0 saturated carbocycles. The number of benzene rings is 2. The fourth-order valence-corrected chi connectivity index (χ4v) is 3.09.